The number of nitrogens with one attached hydrogen (secondary N) is 2. The Kier molecular flexibility index (Phi) is 7.77. The number of hydrogen-bond donors (Lipinski definition) is 2. The zero-order valence-electron chi connectivity index (χ0n) is 28.8. The van der Waals surface area contributed by atoms with Crippen LogP contribution in [0.3, 0.4) is 0 Å². The van der Waals surface area contributed by atoms with Crippen molar-refractivity contribution in [3.63, 3.8) is 0 Å². The van der Waals surface area contributed by atoms with Gasteiger partial charge in [0.25, 0.3) is 0 Å². The maximum absolute atomic E-state index is 13.0. The Morgan fingerprint density at radius 3 is 2.27 bits per heavy atom. The Hall–Kier alpha value is -4.78. The van der Waals surface area contributed by atoms with Crippen molar-refractivity contribution >= 4 is 23.0 Å². The maximum atomic E-state index is 13.0. The van der Waals surface area contributed by atoms with Crippen LogP contribution in [0.25, 0.3) is 22.0 Å². The van der Waals surface area contributed by atoms with Crippen LogP contribution >= 0.6 is 0 Å². The minimum absolute atomic E-state index is 0.120. The van der Waals surface area contributed by atoms with Crippen molar-refractivity contribution in [2.24, 2.45) is 11.8 Å². The highest BCUT2D eigenvalue weighted by molar-refractivity contribution is 5.88. The third-order valence-electron chi connectivity index (χ3n) is 9.16. The van der Waals surface area contributed by atoms with Gasteiger partial charge in [0.15, 0.2) is 0 Å². The number of aromatic amines is 2. The van der Waals surface area contributed by atoms with Gasteiger partial charge < -0.3 is 19.4 Å². The summed E-state index contributed by atoms with van der Waals surface area (Å²) in [5.74, 6) is 8.88. The second kappa shape index (κ2) is 11.7. The predicted molar refractivity (Wildman–Crippen MR) is 183 cm³/mol. The monoisotopic (exact) mass is 648 g/mol. The van der Waals surface area contributed by atoms with Gasteiger partial charge in [0.2, 0.25) is 0 Å². The number of hydrogen-bond acceptors (Lipinski definition) is 6. The molecule has 3 fully saturated rings. The topological polar surface area (TPSA) is 116 Å². The number of carbonyl (C=O) groups is 2. The highest BCUT2D eigenvalue weighted by Gasteiger charge is 2.56. The number of imidazole rings is 2. The molecular formula is C38H44N6O4. The molecule has 250 valence electrons. The van der Waals surface area contributed by atoms with Gasteiger partial charge in [-0.25, -0.2) is 19.6 Å². The van der Waals surface area contributed by atoms with Gasteiger partial charge in [0.1, 0.15) is 28.5 Å². The SMILES string of the molecule is C[C@H]1C[C@@H](c2ncc(-c3ccc4cc(C#Cc5cnc([C@@H]6C[C@H]7CC7N6C(=O)OC(C)(C)C)[nH]5)ccc4c3)[nH]2)N(C(=O)OC(C)(C)C)C1. The number of rotatable bonds is 3. The Balaban J connectivity index is 1.04. The first-order valence-electron chi connectivity index (χ1n) is 16.9. The number of aromatic nitrogens is 4. The molecule has 3 aliphatic rings. The van der Waals surface area contributed by atoms with Gasteiger partial charge in [-0.15, -0.1) is 0 Å². The summed E-state index contributed by atoms with van der Waals surface area (Å²) >= 11 is 0. The van der Waals surface area contributed by atoms with Gasteiger partial charge >= 0.3 is 12.2 Å². The second-order valence-electron chi connectivity index (χ2n) is 15.6. The lowest BCUT2D eigenvalue weighted by Crippen LogP contribution is -2.38. The first-order valence-corrected chi connectivity index (χ1v) is 16.9. The van der Waals surface area contributed by atoms with E-state index in [4.69, 9.17) is 9.47 Å². The molecule has 2 aromatic carbocycles. The van der Waals surface area contributed by atoms with Gasteiger partial charge in [-0.3, -0.25) is 9.80 Å². The summed E-state index contributed by atoms with van der Waals surface area (Å²) in [6, 6.07) is 12.4. The fraction of sp³-hybridized carbons (Fsp3) is 0.474. The van der Waals surface area contributed by atoms with Crippen molar-refractivity contribution in [3.05, 3.63) is 71.7 Å². The van der Waals surface area contributed by atoms with Crippen molar-refractivity contribution in [1.82, 2.24) is 29.7 Å². The number of piperidine rings is 1. The van der Waals surface area contributed by atoms with Crippen molar-refractivity contribution < 1.29 is 19.1 Å². The minimum atomic E-state index is -0.552. The van der Waals surface area contributed by atoms with E-state index in [0.717, 1.165) is 58.5 Å². The van der Waals surface area contributed by atoms with E-state index in [0.29, 0.717) is 24.1 Å². The third-order valence-corrected chi connectivity index (χ3v) is 9.16. The fourth-order valence-corrected chi connectivity index (χ4v) is 6.96. The predicted octanol–water partition coefficient (Wildman–Crippen LogP) is 7.74. The number of ether oxygens (including phenoxy) is 2. The van der Waals surface area contributed by atoms with Crippen molar-refractivity contribution in [3.8, 4) is 23.1 Å². The van der Waals surface area contributed by atoms with Crippen LogP contribution in [-0.4, -0.2) is 65.7 Å². The van der Waals surface area contributed by atoms with E-state index in [9.17, 15) is 9.59 Å². The maximum Gasteiger partial charge on any atom is 0.411 e. The van der Waals surface area contributed by atoms with Crippen LogP contribution < -0.4 is 0 Å². The van der Waals surface area contributed by atoms with E-state index in [1.165, 1.54) is 0 Å². The van der Waals surface area contributed by atoms with Crippen molar-refractivity contribution in [2.45, 2.75) is 97.1 Å². The molecule has 1 unspecified atom stereocenters. The zero-order chi connectivity index (χ0) is 34.0. The van der Waals surface area contributed by atoms with Crippen LogP contribution in [0.2, 0.25) is 0 Å². The molecule has 0 radical (unpaired) electrons. The van der Waals surface area contributed by atoms with E-state index >= 15 is 0 Å². The average Bonchev–Trinajstić information content (AvgIpc) is 3.49. The first kappa shape index (κ1) is 31.8. The van der Waals surface area contributed by atoms with E-state index < -0.39 is 11.2 Å². The Bertz CT molecular complexity index is 1940. The molecule has 2 amide bonds. The molecule has 10 nitrogen and oxygen atoms in total. The van der Waals surface area contributed by atoms with Crippen LogP contribution in [0.5, 0.6) is 0 Å². The number of likely N-dealkylation sites (tertiary alicyclic amines) is 2. The molecule has 0 bridgehead atoms. The highest BCUT2D eigenvalue weighted by atomic mass is 16.6. The van der Waals surface area contributed by atoms with E-state index in [2.05, 4.69) is 69.0 Å². The Morgan fingerprint density at radius 1 is 0.812 bits per heavy atom. The van der Waals surface area contributed by atoms with Crippen molar-refractivity contribution in [2.75, 3.05) is 6.54 Å². The summed E-state index contributed by atoms with van der Waals surface area (Å²) in [6.07, 6.45) is 5.76. The molecule has 2 N–H and O–H groups in total. The molecule has 4 heterocycles. The van der Waals surface area contributed by atoms with Gasteiger partial charge in [-0.2, -0.15) is 0 Å². The molecule has 1 aliphatic carbocycles. The van der Waals surface area contributed by atoms with Crippen molar-refractivity contribution in [1.29, 1.82) is 0 Å². The largest absolute Gasteiger partial charge is 0.444 e. The normalized spacial score (nSPS) is 23.5. The standard InChI is InChI=1S/C38H44N6O4/c1-22-14-31(43(21-22)35(45)47-37(2,3)4)33-40-20-29(42-33)26-12-11-24-15-23(8-10-25(24)16-26)9-13-28-19-39-34(41-28)32-18-27-17-30(27)44(32)36(46)48-38(5,6)7/h8,10-12,15-16,19-20,22,27,30-32H,14,17-18,21H2,1-7H3,(H,39,41)(H,40,42)/t22-,27+,30?,31-,32-/m0/s1. The second-order valence-corrected chi connectivity index (χ2v) is 15.6. The van der Waals surface area contributed by atoms with Gasteiger partial charge in [0, 0.05) is 23.7 Å². The van der Waals surface area contributed by atoms with Crippen LogP contribution in [0.15, 0.2) is 48.8 Å². The molecule has 4 aromatic rings. The summed E-state index contributed by atoms with van der Waals surface area (Å²) in [5, 5.41) is 2.17. The Morgan fingerprint density at radius 2 is 1.50 bits per heavy atom. The summed E-state index contributed by atoms with van der Waals surface area (Å²) in [7, 11) is 0. The summed E-state index contributed by atoms with van der Waals surface area (Å²) in [5.41, 5.74) is 2.43. The smallest absolute Gasteiger partial charge is 0.411 e. The lowest BCUT2D eigenvalue weighted by atomic mass is 10.0. The summed E-state index contributed by atoms with van der Waals surface area (Å²) in [4.78, 5) is 45.7. The molecule has 5 atom stereocenters. The number of amides is 2. The van der Waals surface area contributed by atoms with Crippen LogP contribution in [0.4, 0.5) is 9.59 Å². The molecule has 2 aliphatic heterocycles. The lowest BCUT2D eigenvalue weighted by Gasteiger charge is -2.29. The summed E-state index contributed by atoms with van der Waals surface area (Å²) in [6.45, 7) is 14.1. The van der Waals surface area contributed by atoms with Crippen LogP contribution in [-0.2, 0) is 9.47 Å². The van der Waals surface area contributed by atoms with E-state index in [1.54, 1.807) is 11.1 Å². The highest BCUT2D eigenvalue weighted by Crippen LogP contribution is 2.53. The zero-order valence-corrected chi connectivity index (χ0v) is 28.8. The number of fused-ring (bicyclic) bond motifs is 2. The van der Waals surface area contributed by atoms with E-state index in [-0.39, 0.29) is 30.3 Å². The van der Waals surface area contributed by atoms with Gasteiger partial charge in [-0.05, 0) is 108 Å². The molecule has 10 heteroatoms. The lowest BCUT2D eigenvalue weighted by molar-refractivity contribution is 0.0172. The first-order chi connectivity index (χ1) is 22.7. The number of benzene rings is 2. The molecular weight excluding hydrogens is 604 g/mol. The molecule has 2 aromatic heterocycles. The minimum Gasteiger partial charge on any atom is -0.444 e. The Labute approximate surface area is 281 Å². The average molecular weight is 649 g/mol. The number of nitrogens with zero attached hydrogens (tertiary/aromatic N) is 4. The van der Waals surface area contributed by atoms with Crippen LogP contribution in [0, 0.1) is 23.7 Å². The molecule has 48 heavy (non-hydrogen) atoms. The van der Waals surface area contributed by atoms with Gasteiger partial charge in [0.05, 0.1) is 30.2 Å². The van der Waals surface area contributed by atoms with E-state index in [1.807, 2.05) is 58.7 Å². The molecule has 1 saturated carbocycles. The fourth-order valence-electron chi connectivity index (χ4n) is 6.96. The molecule has 7 rings (SSSR count). The molecule has 0 spiro atoms. The summed E-state index contributed by atoms with van der Waals surface area (Å²) < 4.78 is 11.4. The number of carbonyl (C=O) groups excluding carboxylic acids is 2. The quantitative estimate of drug-likeness (QED) is 0.220. The van der Waals surface area contributed by atoms with Crippen LogP contribution in [0.1, 0.15) is 103 Å². The molecule has 2 saturated heterocycles. The third kappa shape index (κ3) is 6.64. The number of H-pyrrole nitrogens is 2. The van der Waals surface area contributed by atoms with Gasteiger partial charge in [-0.1, -0.05) is 31.0 Å².